The van der Waals surface area contributed by atoms with Crippen molar-refractivity contribution in [2.45, 2.75) is 142 Å². The second-order valence-electron chi connectivity index (χ2n) is 16.9. The van der Waals surface area contributed by atoms with Crippen molar-refractivity contribution in [3.8, 4) is 0 Å². The lowest BCUT2D eigenvalue weighted by atomic mass is 9.41. The third kappa shape index (κ3) is 3.94. The number of methoxy groups -OCH3 is 2. The summed E-state index contributed by atoms with van der Waals surface area (Å²) in [6.07, 6.45) is 8.49. The second-order valence-corrected chi connectivity index (χ2v) is 16.9. The van der Waals surface area contributed by atoms with Gasteiger partial charge in [-0.2, -0.15) is 0 Å². The predicted molar refractivity (Wildman–Crippen MR) is 156 cm³/mol. The SMILES string of the molecule is COCO[C@H]1C[C@@]2(C)[C@@H]3C[C@H](O)[C@H]4C(C)(C)[C@@H](O)CC[C@@]45CC35CC[C@]2(C)[C@H]1C1(C)CC[C@@H](C(C)(C)OCOC)O1. The minimum atomic E-state index is -0.447. The molecule has 6 aliphatic rings. The van der Waals surface area contributed by atoms with Gasteiger partial charge in [-0.15, -0.1) is 0 Å². The van der Waals surface area contributed by atoms with Crippen LogP contribution >= 0.6 is 0 Å². The maximum absolute atomic E-state index is 11.9. The van der Waals surface area contributed by atoms with Crippen molar-refractivity contribution >= 4 is 0 Å². The normalized spacial score (nSPS) is 53.8. The van der Waals surface area contributed by atoms with Gasteiger partial charge in [0.1, 0.15) is 13.6 Å². The van der Waals surface area contributed by atoms with E-state index in [9.17, 15) is 10.2 Å². The Bertz CT molecular complexity index is 1020. The Labute approximate surface area is 248 Å². The lowest BCUT2D eigenvalue weighted by Crippen LogP contribution is -2.62. The monoisotopic (exact) mass is 578 g/mol. The molecule has 1 heterocycles. The smallest absolute Gasteiger partial charge is 0.147 e. The van der Waals surface area contributed by atoms with Crippen LogP contribution in [0.1, 0.15) is 106 Å². The molecule has 7 heteroatoms. The maximum Gasteiger partial charge on any atom is 0.147 e. The molecule has 7 nitrogen and oxygen atoms in total. The molecule has 2 N–H and O–H groups in total. The number of aliphatic hydroxyl groups excluding tert-OH is 2. The van der Waals surface area contributed by atoms with E-state index >= 15 is 0 Å². The van der Waals surface area contributed by atoms with E-state index < -0.39 is 5.60 Å². The largest absolute Gasteiger partial charge is 0.393 e. The number of aliphatic hydroxyl groups is 2. The van der Waals surface area contributed by atoms with E-state index in [4.69, 9.17) is 23.7 Å². The molecule has 0 bridgehead atoms. The zero-order valence-corrected chi connectivity index (χ0v) is 27.3. The van der Waals surface area contributed by atoms with Gasteiger partial charge >= 0.3 is 0 Å². The van der Waals surface area contributed by atoms with Crippen molar-refractivity contribution in [1.82, 2.24) is 0 Å². The van der Waals surface area contributed by atoms with Crippen molar-refractivity contribution in [1.29, 1.82) is 0 Å². The number of rotatable bonds is 8. The first-order valence-electron chi connectivity index (χ1n) is 16.4. The van der Waals surface area contributed by atoms with E-state index in [2.05, 4.69) is 48.5 Å². The summed E-state index contributed by atoms with van der Waals surface area (Å²) in [5.41, 5.74) is -0.615. The fourth-order valence-corrected chi connectivity index (χ4v) is 12.7. The number of fused-ring (bicyclic) bond motifs is 2. The lowest BCUT2D eigenvalue weighted by Gasteiger charge is -2.64. The van der Waals surface area contributed by atoms with E-state index in [1.807, 2.05) is 0 Å². The summed E-state index contributed by atoms with van der Waals surface area (Å²) >= 11 is 0. The van der Waals surface area contributed by atoms with Crippen molar-refractivity contribution < 1.29 is 33.9 Å². The van der Waals surface area contributed by atoms with Gasteiger partial charge in [-0.05, 0) is 117 Å². The summed E-state index contributed by atoms with van der Waals surface area (Å²) in [4.78, 5) is 0. The third-order valence-electron chi connectivity index (χ3n) is 14.7. The fourth-order valence-electron chi connectivity index (χ4n) is 12.7. The number of hydrogen-bond acceptors (Lipinski definition) is 7. The molecule has 0 aromatic heterocycles. The molecule has 6 rings (SSSR count). The van der Waals surface area contributed by atoms with Gasteiger partial charge in [0.2, 0.25) is 0 Å². The van der Waals surface area contributed by atoms with Gasteiger partial charge in [-0.1, -0.05) is 27.7 Å². The number of hydrogen-bond donors (Lipinski definition) is 2. The molecule has 12 atom stereocenters. The minimum Gasteiger partial charge on any atom is -0.393 e. The van der Waals surface area contributed by atoms with Gasteiger partial charge in [-0.25, -0.2) is 0 Å². The molecule has 6 fully saturated rings. The lowest BCUT2D eigenvalue weighted by molar-refractivity contribution is -0.225. The van der Waals surface area contributed by atoms with Crippen LogP contribution in [0.5, 0.6) is 0 Å². The summed E-state index contributed by atoms with van der Waals surface area (Å²) < 4.78 is 30.5. The summed E-state index contributed by atoms with van der Waals surface area (Å²) in [6, 6.07) is 0. The Morgan fingerprint density at radius 3 is 2.22 bits per heavy atom. The molecule has 5 saturated carbocycles. The van der Waals surface area contributed by atoms with Gasteiger partial charge in [0, 0.05) is 20.1 Å². The van der Waals surface area contributed by atoms with Crippen LogP contribution in [0.25, 0.3) is 0 Å². The topological polar surface area (TPSA) is 86.6 Å². The second kappa shape index (κ2) is 9.61. The van der Waals surface area contributed by atoms with Crippen molar-refractivity contribution in [3.05, 3.63) is 0 Å². The summed E-state index contributed by atoms with van der Waals surface area (Å²) in [7, 11) is 3.37. The van der Waals surface area contributed by atoms with Gasteiger partial charge in [0.05, 0.1) is 35.6 Å². The molecule has 0 radical (unpaired) electrons. The van der Waals surface area contributed by atoms with Crippen molar-refractivity contribution in [2.75, 3.05) is 27.8 Å². The zero-order valence-electron chi connectivity index (χ0n) is 27.3. The quantitative estimate of drug-likeness (QED) is 0.358. The van der Waals surface area contributed by atoms with Crippen LogP contribution in [0.2, 0.25) is 0 Å². The van der Waals surface area contributed by atoms with Crippen LogP contribution in [0.3, 0.4) is 0 Å². The highest BCUT2D eigenvalue weighted by Crippen LogP contribution is 2.89. The molecule has 41 heavy (non-hydrogen) atoms. The molecular weight excluding hydrogens is 520 g/mol. The van der Waals surface area contributed by atoms with Crippen molar-refractivity contribution in [2.24, 2.45) is 44.8 Å². The Balaban J connectivity index is 1.35. The first kappa shape index (κ1) is 30.7. The highest BCUT2D eigenvalue weighted by atomic mass is 16.7. The summed E-state index contributed by atoms with van der Waals surface area (Å²) in [5, 5.41) is 22.9. The first-order valence-corrected chi connectivity index (χ1v) is 16.4. The van der Waals surface area contributed by atoms with E-state index in [1.54, 1.807) is 14.2 Å². The van der Waals surface area contributed by atoms with Gasteiger partial charge in [0.25, 0.3) is 0 Å². The Morgan fingerprint density at radius 2 is 1.54 bits per heavy atom. The van der Waals surface area contributed by atoms with E-state index in [0.29, 0.717) is 5.92 Å². The summed E-state index contributed by atoms with van der Waals surface area (Å²) in [5.74, 6) is 0.823. The van der Waals surface area contributed by atoms with Gasteiger partial charge in [-0.3, -0.25) is 0 Å². The molecule has 0 aromatic carbocycles. The average Bonchev–Trinajstić information content (AvgIpc) is 3.24. The van der Waals surface area contributed by atoms with Gasteiger partial charge < -0.3 is 33.9 Å². The van der Waals surface area contributed by atoms with Crippen molar-refractivity contribution in [3.63, 3.8) is 0 Å². The predicted octanol–water partition coefficient (Wildman–Crippen LogP) is 5.69. The first-order chi connectivity index (χ1) is 19.1. The molecule has 2 spiro atoms. The van der Waals surface area contributed by atoms with Crippen LogP contribution in [0.15, 0.2) is 0 Å². The molecule has 0 aromatic rings. The molecule has 0 amide bonds. The van der Waals surface area contributed by atoms with Crippen LogP contribution in [0, 0.1) is 44.8 Å². The Hall–Kier alpha value is -0.280. The highest BCUT2D eigenvalue weighted by molar-refractivity contribution is 5.33. The molecule has 236 valence electrons. The number of ether oxygens (including phenoxy) is 5. The van der Waals surface area contributed by atoms with Crippen LogP contribution in [0.4, 0.5) is 0 Å². The minimum absolute atomic E-state index is 0.00251. The Kier molecular flexibility index (Phi) is 7.20. The summed E-state index contributed by atoms with van der Waals surface area (Å²) in [6.45, 7) is 16.6. The van der Waals surface area contributed by atoms with E-state index in [1.165, 1.54) is 12.8 Å². The van der Waals surface area contributed by atoms with Crippen LogP contribution in [-0.4, -0.2) is 73.6 Å². The van der Waals surface area contributed by atoms with Crippen LogP contribution in [-0.2, 0) is 23.7 Å². The maximum atomic E-state index is 11.9. The van der Waals surface area contributed by atoms with Crippen LogP contribution < -0.4 is 0 Å². The highest BCUT2D eigenvalue weighted by Gasteiger charge is 2.85. The molecular formula is C34H58O7. The Morgan fingerprint density at radius 1 is 0.829 bits per heavy atom. The fraction of sp³-hybridized carbons (Fsp3) is 1.00. The molecule has 1 saturated heterocycles. The standard InChI is InChI=1S/C34H58O7/c1-28(2)24(36)10-13-34-18-33(34)15-14-30(5)27(32(7)12-11-25(41-32)29(3,4)40-20-38-9)22(39-19-37-8)17-31(30,6)23(33)16-21(35)26(28)34/h21-27,35-36H,10-20H2,1-9H3/t21-,22-,23-,24-,25-,26-,27-,30+,31-,32?,33?,34+/m0/s1. The van der Waals surface area contributed by atoms with Gasteiger partial charge in [0.15, 0.2) is 0 Å². The molecule has 2 unspecified atom stereocenters. The third-order valence-corrected chi connectivity index (χ3v) is 14.7. The average molecular weight is 579 g/mol. The molecule has 1 aliphatic heterocycles. The zero-order chi connectivity index (χ0) is 29.9. The molecule has 5 aliphatic carbocycles. The van der Waals surface area contributed by atoms with E-state index in [0.717, 1.165) is 44.9 Å². The van der Waals surface area contributed by atoms with E-state index in [-0.39, 0.29) is 82.5 Å².